The Morgan fingerprint density at radius 3 is 2.85 bits per heavy atom. The molecule has 0 aliphatic carbocycles. The molecule has 0 aromatic carbocycles. The van der Waals surface area contributed by atoms with E-state index in [1.54, 1.807) is 6.26 Å². The summed E-state index contributed by atoms with van der Waals surface area (Å²) in [4.78, 5) is 13.1. The third-order valence-electron chi connectivity index (χ3n) is 4.67. The Morgan fingerprint density at radius 1 is 1.22 bits per heavy atom. The van der Waals surface area contributed by atoms with Gasteiger partial charge >= 0.3 is 0 Å². The van der Waals surface area contributed by atoms with Gasteiger partial charge in [-0.05, 0) is 51.1 Å². The van der Waals surface area contributed by atoms with E-state index in [1.807, 2.05) is 67.8 Å². The van der Waals surface area contributed by atoms with Crippen LogP contribution >= 0.6 is 11.8 Å². The lowest BCUT2D eigenvalue weighted by atomic mass is 10.1. The average molecular weight is 380 g/mol. The largest absolute Gasteiger partial charge is 0.467 e. The van der Waals surface area contributed by atoms with Crippen LogP contribution < -0.4 is 0 Å². The number of carbonyl (C=O) groups excluding carboxylic acids is 1. The fourth-order valence-electron chi connectivity index (χ4n) is 3.18. The third-order valence-corrected chi connectivity index (χ3v) is 5.72. The zero-order valence-corrected chi connectivity index (χ0v) is 16.2. The summed E-state index contributed by atoms with van der Waals surface area (Å²) in [7, 11) is 0. The topological polar surface area (TPSA) is 65.3 Å². The van der Waals surface area contributed by atoms with Gasteiger partial charge in [0.15, 0.2) is 16.6 Å². The lowest BCUT2D eigenvalue weighted by Gasteiger charge is -2.10. The average Bonchev–Trinajstić information content (AvgIpc) is 3.38. The smallest absolute Gasteiger partial charge is 0.196 e. The molecule has 0 bridgehead atoms. The summed E-state index contributed by atoms with van der Waals surface area (Å²) < 4.78 is 9.45. The molecular formula is C20H20N4O2S. The van der Waals surface area contributed by atoms with Gasteiger partial charge in [-0.1, -0.05) is 17.8 Å². The van der Waals surface area contributed by atoms with Crippen molar-refractivity contribution < 1.29 is 9.21 Å². The lowest BCUT2D eigenvalue weighted by molar-refractivity contribution is 0.0993. The number of rotatable bonds is 6. The highest BCUT2D eigenvalue weighted by Gasteiger charge is 2.23. The van der Waals surface area contributed by atoms with Crippen LogP contribution in [0.5, 0.6) is 0 Å². The van der Waals surface area contributed by atoms with Crippen LogP contribution in [-0.4, -0.2) is 30.2 Å². The Labute approximate surface area is 161 Å². The summed E-state index contributed by atoms with van der Waals surface area (Å²) >= 11 is 1.42. The molecule has 0 aliphatic rings. The predicted molar refractivity (Wildman–Crippen MR) is 104 cm³/mol. The number of ketones is 1. The molecule has 0 N–H and O–H groups in total. The molecule has 0 spiro atoms. The van der Waals surface area contributed by atoms with Gasteiger partial charge in [-0.3, -0.25) is 9.20 Å². The number of furan rings is 1. The molecule has 138 valence electrons. The molecule has 6 nitrogen and oxygen atoms in total. The van der Waals surface area contributed by atoms with Crippen molar-refractivity contribution in [2.24, 2.45) is 0 Å². The summed E-state index contributed by atoms with van der Waals surface area (Å²) in [6, 6.07) is 11.5. The molecule has 0 fully saturated rings. The number of aryl methyl sites for hydroxylation is 1. The molecule has 4 rings (SSSR count). The summed E-state index contributed by atoms with van der Waals surface area (Å²) in [5, 5.41) is 8.81. The zero-order chi connectivity index (χ0) is 19.0. The zero-order valence-electron chi connectivity index (χ0n) is 15.4. The first-order valence-corrected chi connectivity index (χ1v) is 9.62. The highest BCUT2D eigenvalue weighted by atomic mass is 32.2. The Balaban J connectivity index is 1.57. The van der Waals surface area contributed by atoms with Crippen molar-refractivity contribution >= 4 is 23.2 Å². The van der Waals surface area contributed by atoms with Crippen molar-refractivity contribution in [1.29, 1.82) is 0 Å². The van der Waals surface area contributed by atoms with Crippen molar-refractivity contribution in [3.05, 3.63) is 71.6 Å². The maximum atomic E-state index is 13.1. The predicted octanol–water partition coefficient (Wildman–Crippen LogP) is 4.15. The number of pyridine rings is 1. The fourth-order valence-corrected chi connectivity index (χ4v) is 4.09. The number of thioether (sulfide) groups is 1. The lowest BCUT2D eigenvalue weighted by Crippen LogP contribution is -2.15. The van der Waals surface area contributed by atoms with Crippen molar-refractivity contribution in [1.82, 2.24) is 19.2 Å². The van der Waals surface area contributed by atoms with Crippen molar-refractivity contribution in [3.8, 4) is 0 Å². The molecule has 4 heterocycles. The second-order valence-corrected chi connectivity index (χ2v) is 7.79. The van der Waals surface area contributed by atoms with E-state index in [0.29, 0.717) is 6.54 Å². The van der Waals surface area contributed by atoms with Crippen LogP contribution in [0.25, 0.3) is 5.65 Å². The first-order valence-electron chi connectivity index (χ1n) is 8.74. The minimum Gasteiger partial charge on any atom is -0.467 e. The van der Waals surface area contributed by atoms with Crippen LogP contribution in [0.3, 0.4) is 0 Å². The van der Waals surface area contributed by atoms with Gasteiger partial charge in [-0.25, -0.2) is 0 Å². The van der Waals surface area contributed by atoms with E-state index < -0.39 is 0 Å². The van der Waals surface area contributed by atoms with Gasteiger partial charge in [0, 0.05) is 23.1 Å². The van der Waals surface area contributed by atoms with Crippen LogP contribution in [0, 0.1) is 13.8 Å². The van der Waals surface area contributed by atoms with Gasteiger partial charge in [0.2, 0.25) is 0 Å². The van der Waals surface area contributed by atoms with Crippen LogP contribution in [0.1, 0.15) is 34.4 Å². The van der Waals surface area contributed by atoms with Crippen molar-refractivity contribution in [2.75, 3.05) is 0 Å². The van der Waals surface area contributed by atoms with Gasteiger partial charge in [0.05, 0.1) is 18.1 Å². The normalized spacial score (nSPS) is 12.6. The van der Waals surface area contributed by atoms with E-state index in [9.17, 15) is 4.79 Å². The Morgan fingerprint density at radius 2 is 2.07 bits per heavy atom. The summed E-state index contributed by atoms with van der Waals surface area (Å²) in [5.74, 6) is 0.958. The second-order valence-electron chi connectivity index (χ2n) is 6.49. The molecule has 0 saturated heterocycles. The minimum absolute atomic E-state index is 0.0893. The highest BCUT2D eigenvalue weighted by Crippen LogP contribution is 2.27. The molecule has 0 radical (unpaired) electrons. The second kappa shape index (κ2) is 7.08. The van der Waals surface area contributed by atoms with Gasteiger partial charge in [0.1, 0.15) is 5.76 Å². The van der Waals surface area contributed by atoms with E-state index in [4.69, 9.17) is 4.42 Å². The first kappa shape index (κ1) is 17.6. The molecule has 1 atom stereocenters. The number of hydrogen-bond donors (Lipinski definition) is 0. The molecule has 4 aromatic rings. The quantitative estimate of drug-likeness (QED) is 0.371. The Hall–Kier alpha value is -2.80. The van der Waals surface area contributed by atoms with Crippen LogP contribution in [0.4, 0.5) is 0 Å². The van der Waals surface area contributed by atoms with Gasteiger partial charge in [0.25, 0.3) is 0 Å². The molecule has 0 saturated carbocycles. The van der Waals surface area contributed by atoms with Crippen molar-refractivity contribution in [3.63, 3.8) is 0 Å². The van der Waals surface area contributed by atoms with E-state index >= 15 is 0 Å². The molecule has 4 aromatic heterocycles. The molecule has 7 heteroatoms. The van der Waals surface area contributed by atoms with E-state index in [2.05, 4.69) is 14.8 Å². The van der Waals surface area contributed by atoms with Crippen LogP contribution in [0.15, 0.2) is 58.4 Å². The first-order chi connectivity index (χ1) is 13.0. The fraction of sp³-hybridized carbons (Fsp3) is 0.250. The maximum Gasteiger partial charge on any atom is 0.196 e. The molecule has 0 amide bonds. The summed E-state index contributed by atoms with van der Waals surface area (Å²) in [5.41, 5.74) is 3.51. The summed E-state index contributed by atoms with van der Waals surface area (Å²) in [6.45, 7) is 6.52. The molecular weight excluding hydrogens is 360 g/mol. The molecule has 0 aliphatic heterocycles. The van der Waals surface area contributed by atoms with Crippen LogP contribution in [0.2, 0.25) is 0 Å². The summed E-state index contributed by atoms with van der Waals surface area (Å²) in [6.07, 6.45) is 3.57. The number of Topliss-reactive ketones (excluding diaryl/α,β-unsaturated/α-hetero) is 1. The van der Waals surface area contributed by atoms with E-state index in [-0.39, 0.29) is 11.0 Å². The molecule has 27 heavy (non-hydrogen) atoms. The van der Waals surface area contributed by atoms with E-state index in [1.165, 1.54) is 11.8 Å². The number of fused-ring (bicyclic) bond motifs is 1. The SMILES string of the molecule is Cc1cc(C(=O)[C@H](C)Sc2nnc3ccccn23)c(C)n1Cc1ccco1. The maximum absolute atomic E-state index is 13.1. The standard InChI is InChI=1S/C20H20N4O2S/c1-13-11-17(14(2)24(13)12-16-7-6-10-26-16)19(25)15(3)27-20-22-21-18-8-4-5-9-23(18)20/h4-11,15H,12H2,1-3H3/t15-/m0/s1. The monoisotopic (exact) mass is 380 g/mol. The molecule has 0 unspecified atom stereocenters. The van der Waals surface area contributed by atoms with Crippen LogP contribution in [-0.2, 0) is 6.54 Å². The van der Waals surface area contributed by atoms with Gasteiger partial charge in [-0.15, -0.1) is 10.2 Å². The Kier molecular flexibility index (Phi) is 4.61. The van der Waals surface area contributed by atoms with Gasteiger partial charge in [-0.2, -0.15) is 0 Å². The Bertz CT molecular complexity index is 1090. The van der Waals surface area contributed by atoms with Crippen molar-refractivity contribution in [2.45, 2.75) is 37.7 Å². The third kappa shape index (κ3) is 3.30. The van der Waals surface area contributed by atoms with E-state index in [0.717, 1.165) is 33.5 Å². The number of nitrogens with zero attached hydrogens (tertiary/aromatic N) is 4. The highest BCUT2D eigenvalue weighted by molar-refractivity contribution is 8.00. The minimum atomic E-state index is -0.268. The number of hydrogen-bond acceptors (Lipinski definition) is 5. The number of carbonyl (C=O) groups is 1. The van der Waals surface area contributed by atoms with Gasteiger partial charge < -0.3 is 8.98 Å². The number of aromatic nitrogens is 4.